The monoisotopic (exact) mass is 279 g/mol. The van der Waals surface area contributed by atoms with Crippen molar-refractivity contribution in [3.05, 3.63) is 29.8 Å². The number of hydrogen-bond donors (Lipinski definition) is 2. The Balaban J connectivity index is 2.06. The summed E-state index contributed by atoms with van der Waals surface area (Å²) in [5, 5.41) is 5.91. The Hall–Kier alpha value is -1.43. The number of ether oxygens (including phenoxy) is 1. The van der Waals surface area contributed by atoms with Gasteiger partial charge in [0.2, 0.25) is 5.91 Å². The highest BCUT2D eigenvalue weighted by atomic mass is 16.5. The molecular weight excluding hydrogens is 254 g/mol. The number of benzene rings is 1. The molecule has 112 valence electrons. The van der Waals surface area contributed by atoms with E-state index in [-0.39, 0.29) is 5.91 Å². The molecule has 0 bridgehead atoms. The number of rotatable bonds is 9. The van der Waals surface area contributed by atoms with Gasteiger partial charge in [-0.3, -0.25) is 4.79 Å². The molecular formula is C15H25N3O2. The van der Waals surface area contributed by atoms with Crippen LogP contribution in [0.2, 0.25) is 0 Å². The van der Waals surface area contributed by atoms with Gasteiger partial charge in [-0.2, -0.15) is 0 Å². The molecule has 5 heteroatoms. The van der Waals surface area contributed by atoms with E-state index in [1.54, 1.807) is 0 Å². The van der Waals surface area contributed by atoms with Crippen LogP contribution in [-0.2, 0) is 9.53 Å². The van der Waals surface area contributed by atoms with Gasteiger partial charge in [0.05, 0.1) is 19.8 Å². The second-order valence-corrected chi connectivity index (χ2v) is 5.01. The molecule has 2 N–H and O–H groups in total. The summed E-state index contributed by atoms with van der Waals surface area (Å²) in [5.41, 5.74) is 1.96. The zero-order chi connectivity index (χ0) is 14.8. The zero-order valence-corrected chi connectivity index (χ0v) is 12.6. The normalized spacial score (nSPS) is 10.8. The maximum Gasteiger partial charge on any atom is 0.238 e. The maximum absolute atomic E-state index is 11.7. The molecule has 0 saturated heterocycles. The number of carbonyl (C=O) groups is 1. The fourth-order valence-corrected chi connectivity index (χ4v) is 1.62. The molecule has 0 unspecified atom stereocenters. The number of aryl methyl sites for hydroxylation is 1. The van der Waals surface area contributed by atoms with Crippen LogP contribution in [0.5, 0.6) is 0 Å². The smallest absolute Gasteiger partial charge is 0.238 e. The van der Waals surface area contributed by atoms with Gasteiger partial charge in [0, 0.05) is 18.8 Å². The fraction of sp³-hybridized carbons (Fsp3) is 0.533. The van der Waals surface area contributed by atoms with Gasteiger partial charge in [-0.1, -0.05) is 12.1 Å². The van der Waals surface area contributed by atoms with E-state index < -0.39 is 0 Å². The Bertz CT molecular complexity index is 408. The van der Waals surface area contributed by atoms with Gasteiger partial charge in [0.15, 0.2) is 0 Å². The van der Waals surface area contributed by atoms with E-state index in [2.05, 4.69) is 15.5 Å². The zero-order valence-electron chi connectivity index (χ0n) is 12.6. The van der Waals surface area contributed by atoms with Gasteiger partial charge < -0.3 is 20.3 Å². The standard InChI is InChI=1S/C15H25N3O2/c1-13-5-4-6-14(11-13)17-15(19)12-16-7-9-20-10-8-18(2)3/h4-6,11,16H,7-10,12H2,1-3H3,(H,17,19). The van der Waals surface area contributed by atoms with E-state index >= 15 is 0 Å². The molecule has 0 saturated carbocycles. The van der Waals surface area contributed by atoms with Crippen LogP contribution in [0.3, 0.4) is 0 Å². The van der Waals surface area contributed by atoms with Gasteiger partial charge in [-0.15, -0.1) is 0 Å². The summed E-state index contributed by atoms with van der Waals surface area (Å²) in [5.74, 6) is -0.0381. The van der Waals surface area contributed by atoms with Crippen LogP contribution in [0.15, 0.2) is 24.3 Å². The summed E-state index contributed by atoms with van der Waals surface area (Å²) in [4.78, 5) is 13.8. The average molecular weight is 279 g/mol. The molecule has 1 amide bonds. The fourth-order valence-electron chi connectivity index (χ4n) is 1.62. The van der Waals surface area contributed by atoms with Crippen LogP contribution in [0, 0.1) is 6.92 Å². The minimum atomic E-state index is -0.0381. The van der Waals surface area contributed by atoms with Crippen LogP contribution in [0.4, 0.5) is 5.69 Å². The second-order valence-electron chi connectivity index (χ2n) is 5.01. The van der Waals surface area contributed by atoms with Gasteiger partial charge in [0.25, 0.3) is 0 Å². The Morgan fingerprint density at radius 2 is 2.10 bits per heavy atom. The second kappa shape index (κ2) is 9.47. The molecule has 0 aromatic heterocycles. The van der Waals surface area contributed by atoms with Crippen LogP contribution in [0.25, 0.3) is 0 Å². The van der Waals surface area contributed by atoms with E-state index in [1.807, 2.05) is 45.3 Å². The van der Waals surface area contributed by atoms with Gasteiger partial charge in [0.1, 0.15) is 0 Å². The van der Waals surface area contributed by atoms with E-state index in [9.17, 15) is 4.79 Å². The molecule has 0 heterocycles. The van der Waals surface area contributed by atoms with Crippen molar-refractivity contribution in [1.82, 2.24) is 10.2 Å². The lowest BCUT2D eigenvalue weighted by Crippen LogP contribution is -2.31. The molecule has 0 aliphatic rings. The molecule has 1 aromatic rings. The first kappa shape index (κ1) is 16.6. The first-order valence-corrected chi connectivity index (χ1v) is 6.87. The predicted octanol–water partition coefficient (Wildman–Crippen LogP) is 1.10. The Kier molecular flexibility index (Phi) is 7.87. The van der Waals surface area contributed by atoms with Crippen molar-refractivity contribution in [3.8, 4) is 0 Å². The number of nitrogens with zero attached hydrogens (tertiary/aromatic N) is 1. The summed E-state index contributed by atoms with van der Waals surface area (Å²) in [6.07, 6.45) is 0. The highest BCUT2D eigenvalue weighted by molar-refractivity contribution is 5.92. The number of carbonyl (C=O) groups excluding carboxylic acids is 1. The van der Waals surface area contributed by atoms with Crippen LogP contribution in [0.1, 0.15) is 5.56 Å². The minimum absolute atomic E-state index is 0.0381. The first-order valence-electron chi connectivity index (χ1n) is 6.87. The molecule has 1 rings (SSSR count). The molecule has 5 nitrogen and oxygen atoms in total. The Morgan fingerprint density at radius 1 is 1.30 bits per heavy atom. The lowest BCUT2D eigenvalue weighted by molar-refractivity contribution is -0.115. The molecule has 0 spiro atoms. The van der Waals surface area contributed by atoms with E-state index in [4.69, 9.17) is 4.74 Å². The largest absolute Gasteiger partial charge is 0.379 e. The third kappa shape index (κ3) is 7.89. The van der Waals surface area contributed by atoms with Crippen molar-refractivity contribution in [2.75, 3.05) is 52.3 Å². The summed E-state index contributed by atoms with van der Waals surface area (Å²) in [7, 11) is 4.02. The van der Waals surface area contributed by atoms with Crippen molar-refractivity contribution in [3.63, 3.8) is 0 Å². The van der Waals surface area contributed by atoms with Crippen molar-refractivity contribution >= 4 is 11.6 Å². The summed E-state index contributed by atoms with van der Waals surface area (Å²) in [6.45, 7) is 5.21. The summed E-state index contributed by atoms with van der Waals surface area (Å²) in [6, 6.07) is 7.76. The molecule has 0 atom stereocenters. The highest BCUT2D eigenvalue weighted by Crippen LogP contribution is 2.08. The minimum Gasteiger partial charge on any atom is -0.379 e. The van der Waals surface area contributed by atoms with Crippen LogP contribution >= 0.6 is 0 Å². The summed E-state index contributed by atoms with van der Waals surface area (Å²) < 4.78 is 5.42. The molecule has 0 fully saturated rings. The quantitative estimate of drug-likeness (QED) is 0.665. The SMILES string of the molecule is Cc1cccc(NC(=O)CNCCOCCN(C)C)c1. The first-order chi connectivity index (χ1) is 9.58. The lowest BCUT2D eigenvalue weighted by Gasteiger charge is -2.10. The maximum atomic E-state index is 11.7. The number of hydrogen-bond acceptors (Lipinski definition) is 4. The van der Waals surface area contributed by atoms with Crippen molar-refractivity contribution in [2.45, 2.75) is 6.92 Å². The van der Waals surface area contributed by atoms with Gasteiger partial charge in [-0.25, -0.2) is 0 Å². The Morgan fingerprint density at radius 3 is 2.80 bits per heavy atom. The van der Waals surface area contributed by atoms with Crippen LogP contribution < -0.4 is 10.6 Å². The topological polar surface area (TPSA) is 53.6 Å². The average Bonchev–Trinajstić information content (AvgIpc) is 2.37. The lowest BCUT2D eigenvalue weighted by atomic mass is 10.2. The van der Waals surface area contributed by atoms with E-state index in [0.717, 1.165) is 17.8 Å². The molecule has 0 aliphatic heterocycles. The number of anilines is 1. The number of likely N-dealkylation sites (N-methyl/N-ethyl adjacent to an activating group) is 1. The third-order valence-corrected chi connectivity index (χ3v) is 2.69. The molecule has 1 aromatic carbocycles. The van der Waals surface area contributed by atoms with E-state index in [0.29, 0.717) is 26.3 Å². The molecule has 0 aliphatic carbocycles. The number of amides is 1. The Labute approximate surface area is 121 Å². The molecule has 0 radical (unpaired) electrons. The third-order valence-electron chi connectivity index (χ3n) is 2.69. The van der Waals surface area contributed by atoms with Gasteiger partial charge in [-0.05, 0) is 38.7 Å². The van der Waals surface area contributed by atoms with Crippen LogP contribution in [-0.4, -0.2) is 57.8 Å². The number of nitrogens with one attached hydrogen (secondary N) is 2. The highest BCUT2D eigenvalue weighted by Gasteiger charge is 2.01. The predicted molar refractivity (Wildman–Crippen MR) is 82.1 cm³/mol. The van der Waals surface area contributed by atoms with Crippen molar-refractivity contribution in [2.24, 2.45) is 0 Å². The van der Waals surface area contributed by atoms with Gasteiger partial charge >= 0.3 is 0 Å². The van der Waals surface area contributed by atoms with Crippen molar-refractivity contribution in [1.29, 1.82) is 0 Å². The van der Waals surface area contributed by atoms with E-state index in [1.165, 1.54) is 0 Å². The van der Waals surface area contributed by atoms with Crippen molar-refractivity contribution < 1.29 is 9.53 Å². The summed E-state index contributed by atoms with van der Waals surface area (Å²) >= 11 is 0. The molecule has 20 heavy (non-hydrogen) atoms.